The Kier molecular flexibility index (Phi) is 6.12. The first-order valence-electron chi connectivity index (χ1n) is 3.46. The fourth-order valence-electron chi connectivity index (χ4n) is 0.635. The first-order chi connectivity index (χ1) is 5.16. The molecule has 1 N–H and O–H groups in total. The molecule has 0 aliphatic rings. The monoisotopic (exact) mass is 222 g/mol. The van der Waals surface area contributed by atoms with E-state index >= 15 is 0 Å². The quantitative estimate of drug-likeness (QED) is 0.695. The summed E-state index contributed by atoms with van der Waals surface area (Å²) in [6, 6.07) is 0. The summed E-state index contributed by atoms with van der Waals surface area (Å²) in [4.78, 5) is 20.8. The average molecular weight is 223 g/mol. The van der Waals surface area contributed by atoms with Crippen LogP contribution in [0.25, 0.3) is 0 Å². The minimum absolute atomic E-state index is 0.0341. The van der Waals surface area contributed by atoms with Crippen molar-refractivity contribution in [2.45, 2.75) is 25.7 Å². The molecule has 0 saturated carbocycles. The summed E-state index contributed by atoms with van der Waals surface area (Å²) in [7, 11) is 0. The van der Waals surface area contributed by atoms with Crippen molar-refractivity contribution in [3.8, 4) is 0 Å². The molecule has 0 unspecified atom stereocenters. The normalized spacial score (nSPS) is 9.55. The van der Waals surface area contributed by atoms with E-state index in [1.807, 2.05) is 0 Å². The Morgan fingerprint density at radius 1 is 1.18 bits per heavy atom. The number of carboxylic acids is 1. The predicted octanol–water partition coefficient (Wildman–Crippen LogP) is 1.60. The van der Waals surface area contributed by atoms with Crippen molar-refractivity contribution in [1.29, 1.82) is 0 Å². The number of Topliss-reactive ketones (excluding diaryl/α,β-unsaturated/α-hetero) is 1. The lowest BCUT2D eigenvalue weighted by Crippen LogP contribution is -2.02. The van der Waals surface area contributed by atoms with Gasteiger partial charge in [0.25, 0.3) is 0 Å². The van der Waals surface area contributed by atoms with E-state index in [4.69, 9.17) is 5.11 Å². The molecular formula is C7H11BrO3. The first-order valence-corrected chi connectivity index (χ1v) is 4.58. The molecule has 0 radical (unpaired) electrons. The summed E-state index contributed by atoms with van der Waals surface area (Å²) < 4.78 is 0. The third-order valence-electron chi connectivity index (χ3n) is 1.21. The minimum atomic E-state index is -0.905. The van der Waals surface area contributed by atoms with Crippen LogP contribution in [0.1, 0.15) is 25.7 Å². The van der Waals surface area contributed by atoms with Crippen LogP contribution in [0.5, 0.6) is 0 Å². The van der Waals surface area contributed by atoms with Gasteiger partial charge in [0.1, 0.15) is 5.78 Å². The van der Waals surface area contributed by atoms with Gasteiger partial charge in [-0.3, -0.25) is 9.59 Å². The molecule has 0 heterocycles. The van der Waals surface area contributed by atoms with Crippen LogP contribution >= 0.6 is 15.9 Å². The highest BCUT2D eigenvalue weighted by Crippen LogP contribution is 2.00. The number of halogens is 1. The molecule has 0 aliphatic carbocycles. The summed E-state index contributed by atoms with van der Waals surface area (Å²) in [5, 5.41) is 9.02. The highest BCUT2D eigenvalue weighted by molar-refractivity contribution is 9.09. The third kappa shape index (κ3) is 7.52. The lowest BCUT2D eigenvalue weighted by molar-refractivity contribution is -0.138. The largest absolute Gasteiger partial charge is 0.481 e. The lowest BCUT2D eigenvalue weighted by atomic mass is 10.1. The molecule has 0 aromatic heterocycles. The van der Waals surface area contributed by atoms with E-state index < -0.39 is 5.97 Å². The summed E-state index contributed by atoms with van der Waals surface area (Å²) in [5.74, 6) is -0.871. The molecule has 3 nitrogen and oxygen atoms in total. The van der Waals surface area contributed by atoms with E-state index in [1.54, 1.807) is 0 Å². The fraction of sp³-hybridized carbons (Fsp3) is 0.714. The minimum Gasteiger partial charge on any atom is -0.481 e. The van der Waals surface area contributed by atoms with Crippen LogP contribution in [0.2, 0.25) is 0 Å². The molecule has 0 amide bonds. The molecule has 0 bridgehead atoms. The van der Waals surface area contributed by atoms with Gasteiger partial charge in [0.05, 0.1) is 6.42 Å². The van der Waals surface area contributed by atoms with E-state index in [2.05, 4.69) is 15.9 Å². The van der Waals surface area contributed by atoms with Crippen LogP contribution in [0.15, 0.2) is 0 Å². The van der Waals surface area contributed by atoms with Crippen LogP contribution < -0.4 is 0 Å². The molecule has 0 saturated heterocycles. The van der Waals surface area contributed by atoms with Crippen LogP contribution in [0.4, 0.5) is 0 Å². The second kappa shape index (κ2) is 6.34. The van der Waals surface area contributed by atoms with E-state index in [1.165, 1.54) is 0 Å². The number of hydrogen-bond acceptors (Lipinski definition) is 2. The maximum absolute atomic E-state index is 10.8. The van der Waals surface area contributed by atoms with Gasteiger partial charge in [-0.2, -0.15) is 0 Å². The number of carbonyl (C=O) groups excluding carboxylic acids is 1. The number of alkyl halides is 1. The Morgan fingerprint density at radius 2 is 1.82 bits per heavy atom. The molecule has 0 rings (SSSR count). The number of carboxylic acid groups (broad SMARTS) is 1. The van der Waals surface area contributed by atoms with Gasteiger partial charge in [0.15, 0.2) is 0 Å². The van der Waals surface area contributed by atoms with Gasteiger partial charge < -0.3 is 5.11 Å². The lowest BCUT2D eigenvalue weighted by Gasteiger charge is -1.94. The Labute approximate surface area is 73.9 Å². The van der Waals surface area contributed by atoms with E-state index in [9.17, 15) is 9.59 Å². The topological polar surface area (TPSA) is 54.4 Å². The fourth-order valence-corrected chi connectivity index (χ4v) is 0.916. The number of rotatable bonds is 6. The van der Waals surface area contributed by atoms with Gasteiger partial charge in [-0.15, -0.1) is 0 Å². The smallest absolute Gasteiger partial charge is 0.303 e. The van der Waals surface area contributed by atoms with Crippen molar-refractivity contribution in [1.82, 2.24) is 0 Å². The van der Waals surface area contributed by atoms with Gasteiger partial charge in [-0.25, -0.2) is 0 Å². The first kappa shape index (κ1) is 10.6. The van der Waals surface area contributed by atoms with Crippen LogP contribution in [-0.4, -0.2) is 22.2 Å². The average Bonchev–Trinajstić information content (AvgIpc) is 1.97. The predicted molar refractivity (Wildman–Crippen MR) is 44.9 cm³/mol. The third-order valence-corrected chi connectivity index (χ3v) is 1.77. The van der Waals surface area contributed by atoms with Gasteiger partial charge in [0, 0.05) is 18.2 Å². The zero-order valence-electron chi connectivity index (χ0n) is 6.18. The second-order valence-corrected chi connectivity index (χ2v) is 3.02. The number of aliphatic carboxylic acids is 1. The van der Waals surface area contributed by atoms with Crippen molar-refractivity contribution < 1.29 is 14.7 Å². The molecule has 0 atom stereocenters. The Morgan fingerprint density at radius 3 is 2.27 bits per heavy atom. The van der Waals surface area contributed by atoms with Crippen molar-refractivity contribution in [2.24, 2.45) is 0 Å². The number of ketones is 1. The van der Waals surface area contributed by atoms with Crippen molar-refractivity contribution in [2.75, 3.05) is 5.33 Å². The molecule has 0 aliphatic heterocycles. The highest BCUT2D eigenvalue weighted by atomic mass is 79.9. The number of carbonyl (C=O) groups is 2. The van der Waals surface area contributed by atoms with Gasteiger partial charge >= 0.3 is 5.97 Å². The van der Waals surface area contributed by atoms with Crippen molar-refractivity contribution in [3.05, 3.63) is 0 Å². The molecular weight excluding hydrogens is 212 g/mol. The van der Waals surface area contributed by atoms with E-state index in [0.29, 0.717) is 6.42 Å². The Bertz CT molecular complexity index is 145. The summed E-state index contributed by atoms with van der Waals surface area (Å²) in [6.45, 7) is 0. The Balaban J connectivity index is 3.30. The maximum atomic E-state index is 10.8. The van der Waals surface area contributed by atoms with Crippen molar-refractivity contribution in [3.63, 3.8) is 0 Å². The van der Waals surface area contributed by atoms with Crippen LogP contribution in [0.3, 0.4) is 0 Å². The van der Waals surface area contributed by atoms with Crippen LogP contribution in [0, 0.1) is 0 Å². The molecule has 11 heavy (non-hydrogen) atoms. The SMILES string of the molecule is O=C(O)CCC(=O)CCCBr. The van der Waals surface area contributed by atoms with Gasteiger partial charge in [-0.1, -0.05) is 15.9 Å². The Hall–Kier alpha value is -0.380. The summed E-state index contributed by atoms with van der Waals surface area (Å²) in [5.41, 5.74) is 0. The van der Waals surface area contributed by atoms with Crippen molar-refractivity contribution >= 4 is 27.7 Å². The van der Waals surface area contributed by atoms with E-state index in [-0.39, 0.29) is 18.6 Å². The molecule has 0 spiro atoms. The van der Waals surface area contributed by atoms with Crippen LogP contribution in [-0.2, 0) is 9.59 Å². The van der Waals surface area contributed by atoms with Gasteiger partial charge in [-0.05, 0) is 6.42 Å². The molecule has 4 heteroatoms. The molecule has 0 fully saturated rings. The maximum Gasteiger partial charge on any atom is 0.303 e. The molecule has 0 aromatic carbocycles. The highest BCUT2D eigenvalue weighted by Gasteiger charge is 2.03. The van der Waals surface area contributed by atoms with Gasteiger partial charge in [0.2, 0.25) is 0 Å². The standard InChI is InChI=1S/C7H11BrO3/c8-5-1-2-6(9)3-4-7(10)11/h1-5H2,(H,10,11). The molecule has 0 aromatic rings. The zero-order chi connectivity index (χ0) is 8.69. The summed E-state index contributed by atoms with van der Waals surface area (Å²) >= 11 is 3.19. The van der Waals surface area contributed by atoms with E-state index in [0.717, 1.165) is 11.8 Å². The zero-order valence-corrected chi connectivity index (χ0v) is 7.76. The summed E-state index contributed by atoms with van der Waals surface area (Å²) in [6.07, 6.45) is 1.40. The second-order valence-electron chi connectivity index (χ2n) is 2.22. The molecule has 64 valence electrons. The number of hydrogen-bond donors (Lipinski definition) is 1.